The number of aryl methyl sites for hydroxylation is 1. The van der Waals surface area contributed by atoms with Crippen molar-refractivity contribution in [3.05, 3.63) is 57.8 Å². The maximum Gasteiger partial charge on any atom is 0.325 e. The van der Waals surface area contributed by atoms with Crippen molar-refractivity contribution in [3.63, 3.8) is 0 Å². The number of amides is 1. The van der Waals surface area contributed by atoms with Crippen molar-refractivity contribution in [2.45, 2.75) is 33.2 Å². The van der Waals surface area contributed by atoms with Crippen molar-refractivity contribution in [2.24, 2.45) is 0 Å². The van der Waals surface area contributed by atoms with Gasteiger partial charge in [0, 0.05) is 30.9 Å². The standard InChI is InChI=1S/C16H21N3O2/c1-12-13(2)19(16(21)18-12)11-9-15(20)17-10-8-14-6-4-3-5-7-14/h3-7H,8-11H2,1-2H3,(H,17,20)(H,18,21). The lowest BCUT2D eigenvalue weighted by Gasteiger charge is -2.07. The minimum Gasteiger partial charge on any atom is -0.356 e. The van der Waals surface area contributed by atoms with Gasteiger partial charge in [-0.1, -0.05) is 30.3 Å². The Hall–Kier alpha value is -2.30. The molecule has 1 amide bonds. The zero-order chi connectivity index (χ0) is 15.2. The number of nitrogens with one attached hydrogen (secondary N) is 2. The normalized spacial score (nSPS) is 10.6. The van der Waals surface area contributed by atoms with Crippen molar-refractivity contribution >= 4 is 5.91 Å². The summed E-state index contributed by atoms with van der Waals surface area (Å²) in [4.78, 5) is 26.2. The van der Waals surface area contributed by atoms with Crippen molar-refractivity contribution in [3.8, 4) is 0 Å². The summed E-state index contributed by atoms with van der Waals surface area (Å²) in [5, 5.41) is 2.88. The van der Waals surface area contributed by atoms with Crippen LogP contribution >= 0.6 is 0 Å². The zero-order valence-corrected chi connectivity index (χ0v) is 12.5. The maximum absolute atomic E-state index is 11.8. The lowest BCUT2D eigenvalue weighted by molar-refractivity contribution is -0.121. The third-order valence-corrected chi connectivity index (χ3v) is 3.63. The molecule has 5 nitrogen and oxygen atoms in total. The van der Waals surface area contributed by atoms with Crippen LogP contribution in [0.2, 0.25) is 0 Å². The van der Waals surface area contributed by atoms with Gasteiger partial charge < -0.3 is 10.3 Å². The summed E-state index contributed by atoms with van der Waals surface area (Å²) in [6.45, 7) is 4.75. The molecular weight excluding hydrogens is 266 g/mol. The van der Waals surface area contributed by atoms with Gasteiger partial charge >= 0.3 is 5.69 Å². The number of carbonyl (C=O) groups excluding carboxylic acids is 1. The van der Waals surface area contributed by atoms with Gasteiger partial charge in [0.2, 0.25) is 5.91 Å². The molecule has 0 saturated heterocycles. The minimum absolute atomic E-state index is 0.0314. The van der Waals surface area contributed by atoms with E-state index in [1.807, 2.05) is 44.2 Å². The third-order valence-electron chi connectivity index (χ3n) is 3.63. The summed E-state index contributed by atoms with van der Waals surface area (Å²) >= 11 is 0. The number of hydrogen-bond donors (Lipinski definition) is 2. The summed E-state index contributed by atoms with van der Waals surface area (Å²) < 4.78 is 1.60. The van der Waals surface area contributed by atoms with E-state index in [4.69, 9.17) is 0 Å². The van der Waals surface area contributed by atoms with Crippen molar-refractivity contribution < 1.29 is 4.79 Å². The molecule has 112 valence electrons. The molecule has 0 aliphatic carbocycles. The molecule has 0 aliphatic heterocycles. The molecule has 0 spiro atoms. The number of carbonyl (C=O) groups is 1. The molecule has 0 aliphatic rings. The molecule has 2 aromatic rings. The molecule has 0 fully saturated rings. The molecule has 1 heterocycles. The van der Waals surface area contributed by atoms with Crippen LogP contribution in [0.4, 0.5) is 0 Å². The molecule has 2 rings (SSSR count). The predicted octanol–water partition coefficient (Wildman–Crippen LogP) is 1.54. The van der Waals surface area contributed by atoms with E-state index in [9.17, 15) is 9.59 Å². The zero-order valence-electron chi connectivity index (χ0n) is 12.5. The van der Waals surface area contributed by atoms with E-state index in [0.717, 1.165) is 17.8 Å². The Morgan fingerprint density at radius 3 is 2.57 bits per heavy atom. The second-order valence-corrected chi connectivity index (χ2v) is 5.13. The predicted molar refractivity (Wildman–Crippen MR) is 82.3 cm³/mol. The van der Waals surface area contributed by atoms with Gasteiger partial charge in [0.05, 0.1) is 0 Å². The van der Waals surface area contributed by atoms with Crippen LogP contribution in [0, 0.1) is 13.8 Å². The van der Waals surface area contributed by atoms with Gasteiger partial charge in [-0.2, -0.15) is 0 Å². The number of nitrogens with zero attached hydrogens (tertiary/aromatic N) is 1. The molecule has 0 saturated carbocycles. The first-order valence-electron chi connectivity index (χ1n) is 7.14. The van der Waals surface area contributed by atoms with Gasteiger partial charge in [-0.05, 0) is 25.8 Å². The van der Waals surface area contributed by atoms with Crippen LogP contribution in [-0.4, -0.2) is 22.0 Å². The first kappa shape index (κ1) is 15.1. The molecule has 0 radical (unpaired) electrons. The number of benzene rings is 1. The summed E-state index contributed by atoms with van der Waals surface area (Å²) in [5.41, 5.74) is 2.79. The molecule has 1 aromatic carbocycles. The Morgan fingerprint density at radius 2 is 1.95 bits per heavy atom. The molecule has 21 heavy (non-hydrogen) atoms. The Bertz CT molecular complexity index is 656. The minimum atomic E-state index is -0.151. The third kappa shape index (κ3) is 4.08. The van der Waals surface area contributed by atoms with E-state index < -0.39 is 0 Å². The maximum atomic E-state index is 11.8. The van der Waals surface area contributed by atoms with Crippen molar-refractivity contribution in [2.75, 3.05) is 6.54 Å². The Kier molecular flexibility index (Phi) is 4.98. The largest absolute Gasteiger partial charge is 0.356 e. The quantitative estimate of drug-likeness (QED) is 0.846. The average molecular weight is 287 g/mol. The Labute approximate surface area is 124 Å². The van der Waals surface area contributed by atoms with Crippen LogP contribution in [0.25, 0.3) is 0 Å². The lowest BCUT2D eigenvalue weighted by Crippen LogP contribution is -2.28. The highest BCUT2D eigenvalue weighted by atomic mass is 16.2. The van der Waals surface area contributed by atoms with E-state index in [-0.39, 0.29) is 11.6 Å². The highest BCUT2D eigenvalue weighted by molar-refractivity contribution is 5.75. The van der Waals surface area contributed by atoms with Crippen LogP contribution in [0.5, 0.6) is 0 Å². The molecule has 2 N–H and O–H groups in total. The SMILES string of the molecule is Cc1[nH]c(=O)n(CCC(=O)NCCc2ccccc2)c1C. The fourth-order valence-electron chi connectivity index (χ4n) is 2.24. The lowest BCUT2D eigenvalue weighted by atomic mass is 10.1. The Balaban J connectivity index is 1.76. The van der Waals surface area contributed by atoms with Gasteiger partial charge in [0.15, 0.2) is 0 Å². The van der Waals surface area contributed by atoms with E-state index in [0.29, 0.717) is 19.5 Å². The number of aromatic nitrogens is 2. The van der Waals surface area contributed by atoms with Crippen molar-refractivity contribution in [1.29, 1.82) is 0 Å². The molecular formula is C16H21N3O2. The number of aromatic amines is 1. The highest BCUT2D eigenvalue weighted by Crippen LogP contribution is 2.01. The topological polar surface area (TPSA) is 66.9 Å². The fourth-order valence-corrected chi connectivity index (χ4v) is 2.24. The second-order valence-electron chi connectivity index (χ2n) is 5.13. The average Bonchev–Trinajstić information content (AvgIpc) is 2.71. The monoisotopic (exact) mass is 287 g/mol. The van der Waals surface area contributed by atoms with E-state index >= 15 is 0 Å². The fraction of sp³-hybridized carbons (Fsp3) is 0.375. The molecule has 0 atom stereocenters. The first-order chi connectivity index (χ1) is 10.1. The van der Waals surface area contributed by atoms with Crippen LogP contribution in [0.15, 0.2) is 35.1 Å². The highest BCUT2D eigenvalue weighted by Gasteiger charge is 2.08. The molecule has 0 unspecified atom stereocenters. The summed E-state index contributed by atoms with van der Waals surface area (Å²) in [5.74, 6) is -0.0314. The van der Waals surface area contributed by atoms with Crippen molar-refractivity contribution in [1.82, 2.24) is 14.9 Å². The van der Waals surface area contributed by atoms with Gasteiger partial charge in [-0.25, -0.2) is 4.79 Å². The summed E-state index contributed by atoms with van der Waals surface area (Å²) in [6.07, 6.45) is 1.13. The molecule has 5 heteroatoms. The van der Waals surface area contributed by atoms with Crippen LogP contribution in [0.1, 0.15) is 23.4 Å². The number of rotatable bonds is 6. The smallest absolute Gasteiger partial charge is 0.325 e. The number of hydrogen-bond acceptors (Lipinski definition) is 2. The second kappa shape index (κ2) is 6.92. The van der Waals surface area contributed by atoms with Crippen LogP contribution < -0.4 is 11.0 Å². The van der Waals surface area contributed by atoms with Crippen LogP contribution in [0.3, 0.4) is 0 Å². The van der Waals surface area contributed by atoms with Gasteiger partial charge in [-0.15, -0.1) is 0 Å². The van der Waals surface area contributed by atoms with Gasteiger partial charge in [0.25, 0.3) is 0 Å². The number of imidazole rings is 1. The van der Waals surface area contributed by atoms with E-state index in [1.165, 1.54) is 5.56 Å². The summed E-state index contributed by atoms with van der Waals surface area (Å²) in [6, 6.07) is 10.0. The van der Waals surface area contributed by atoms with E-state index in [2.05, 4.69) is 10.3 Å². The molecule has 1 aromatic heterocycles. The first-order valence-corrected chi connectivity index (χ1v) is 7.14. The number of H-pyrrole nitrogens is 1. The van der Waals surface area contributed by atoms with Gasteiger partial charge in [-0.3, -0.25) is 9.36 Å². The van der Waals surface area contributed by atoms with Gasteiger partial charge in [0.1, 0.15) is 0 Å². The van der Waals surface area contributed by atoms with E-state index in [1.54, 1.807) is 4.57 Å². The molecule has 0 bridgehead atoms. The van der Waals surface area contributed by atoms with Crippen LogP contribution in [-0.2, 0) is 17.8 Å². The Morgan fingerprint density at radius 1 is 1.24 bits per heavy atom. The summed E-state index contributed by atoms with van der Waals surface area (Å²) in [7, 11) is 0.